The van der Waals surface area contributed by atoms with Crippen molar-refractivity contribution in [3.8, 4) is 5.75 Å². The molecule has 2 aromatic carbocycles. The van der Waals surface area contributed by atoms with Gasteiger partial charge in [0.05, 0.1) is 7.11 Å². The maximum atomic E-state index is 12.5. The lowest BCUT2D eigenvalue weighted by molar-refractivity contribution is -0.125. The molecule has 1 aliphatic carbocycles. The molecule has 0 radical (unpaired) electrons. The van der Waals surface area contributed by atoms with Crippen LogP contribution in [0.15, 0.2) is 36.4 Å². The van der Waals surface area contributed by atoms with E-state index in [0.717, 1.165) is 41.6 Å². The van der Waals surface area contributed by atoms with Gasteiger partial charge in [0.1, 0.15) is 18.0 Å². The van der Waals surface area contributed by atoms with Crippen molar-refractivity contribution in [2.24, 2.45) is 0 Å². The summed E-state index contributed by atoms with van der Waals surface area (Å²) in [7, 11) is 1.66. The average Bonchev–Trinajstić information content (AvgIpc) is 2.68. The summed E-state index contributed by atoms with van der Waals surface area (Å²) in [5, 5.41) is 2.91. The molecule has 1 amide bonds. The van der Waals surface area contributed by atoms with Crippen molar-refractivity contribution >= 4 is 12.2 Å². The fourth-order valence-electron chi connectivity index (χ4n) is 3.77. The van der Waals surface area contributed by atoms with Crippen LogP contribution in [0.5, 0.6) is 5.75 Å². The van der Waals surface area contributed by atoms with Gasteiger partial charge in [0, 0.05) is 6.54 Å². The number of benzene rings is 2. The van der Waals surface area contributed by atoms with Crippen LogP contribution in [0, 0.1) is 6.92 Å². The monoisotopic (exact) mass is 365 g/mol. The van der Waals surface area contributed by atoms with Gasteiger partial charge >= 0.3 is 0 Å². The minimum absolute atomic E-state index is 0.231. The highest BCUT2D eigenvalue weighted by Crippen LogP contribution is 2.25. The topological polar surface area (TPSA) is 55.4 Å². The first-order valence-electron chi connectivity index (χ1n) is 9.60. The van der Waals surface area contributed by atoms with Gasteiger partial charge in [-0.1, -0.05) is 30.3 Å². The first kappa shape index (κ1) is 19.2. The van der Waals surface area contributed by atoms with Gasteiger partial charge in [-0.05, 0) is 72.9 Å². The largest absolute Gasteiger partial charge is 0.496 e. The van der Waals surface area contributed by atoms with Crippen molar-refractivity contribution < 1.29 is 14.3 Å². The molecule has 1 aliphatic rings. The maximum Gasteiger partial charge on any atom is 0.234 e. The van der Waals surface area contributed by atoms with Gasteiger partial charge in [-0.2, -0.15) is 0 Å². The molecule has 0 saturated carbocycles. The molecule has 0 fully saturated rings. The molecule has 0 aliphatic heterocycles. The summed E-state index contributed by atoms with van der Waals surface area (Å²) in [6.07, 6.45) is 5.98. The molecule has 2 aromatic rings. The molecule has 0 saturated heterocycles. The normalized spacial score (nSPS) is 14.1. The second-order valence-electron chi connectivity index (χ2n) is 7.19. The first-order valence-corrected chi connectivity index (χ1v) is 9.60. The number of rotatable bonds is 7. The molecular formula is C23H27NO3. The van der Waals surface area contributed by atoms with Gasteiger partial charge in [0.25, 0.3) is 0 Å². The van der Waals surface area contributed by atoms with E-state index in [1.807, 2.05) is 31.2 Å². The zero-order valence-corrected chi connectivity index (χ0v) is 16.1. The molecule has 0 bridgehead atoms. The molecule has 3 rings (SSSR count). The van der Waals surface area contributed by atoms with Crippen molar-refractivity contribution in [1.29, 1.82) is 0 Å². The molecule has 0 aromatic heterocycles. The maximum absolute atomic E-state index is 12.5. The minimum atomic E-state index is -0.741. The van der Waals surface area contributed by atoms with Crippen LogP contribution < -0.4 is 10.1 Å². The van der Waals surface area contributed by atoms with E-state index in [1.165, 1.54) is 24.0 Å². The van der Waals surface area contributed by atoms with Crippen LogP contribution in [0.1, 0.15) is 46.6 Å². The van der Waals surface area contributed by atoms with E-state index < -0.39 is 5.92 Å². The number of aryl methyl sites for hydroxylation is 3. The standard InChI is InChI=1S/C23H27NO3/c1-16-13-17(7-10-22(16)27-2)11-12-24-23(26)21(15-25)20-9-8-18-5-3-4-6-19(18)14-20/h7-10,13-15,21H,3-6,11-12H2,1-2H3,(H,24,26). The van der Waals surface area contributed by atoms with Crippen LogP contribution in [0.4, 0.5) is 0 Å². The van der Waals surface area contributed by atoms with Gasteiger partial charge in [0.15, 0.2) is 0 Å². The van der Waals surface area contributed by atoms with E-state index in [4.69, 9.17) is 4.74 Å². The second kappa shape index (κ2) is 8.85. The van der Waals surface area contributed by atoms with E-state index in [2.05, 4.69) is 17.4 Å². The second-order valence-corrected chi connectivity index (χ2v) is 7.19. The van der Waals surface area contributed by atoms with Gasteiger partial charge in [-0.3, -0.25) is 4.79 Å². The highest BCUT2D eigenvalue weighted by molar-refractivity contribution is 5.97. The Kier molecular flexibility index (Phi) is 6.28. The van der Waals surface area contributed by atoms with Crippen LogP contribution in [0.3, 0.4) is 0 Å². The number of hydrogen-bond acceptors (Lipinski definition) is 3. The fraction of sp³-hybridized carbons (Fsp3) is 0.391. The van der Waals surface area contributed by atoms with Gasteiger partial charge in [-0.25, -0.2) is 0 Å². The molecule has 4 nitrogen and oxygen atoms in total. The Morgan fingerprint density at radius 1 is 1.15 bits per heavy atom. The minimum Gasteiger partial charge on any atom is -0.496 e. The van der Waals surface area contributed by atoms with Crippen LogP contribution >= 0.6 is 0 Å². The van der Waals surface area contributed by atoms with Crippen LogP contribution in [-0.4, -0.2) is 25.8 Å². The quantitative estimate of drug-likeness (QED) is 0.603. The summed E-state index contributed by atoms with van der Waals surface area (Å²) in [5.41, 5.74) is 5.63. The fourth-order valence-corrected chi connectivity index (χ4v) is 3.77. The number of ether oxygens (including phenoxy) is 1. The summed E-state index contributed by atoms with van der Waals surface area (Å²) in [5.74, 6) is -0.114. The number of aldehydes is 1. The third kappa shape index (κ3) is 4.57. The summed E-state index contributed by atoms with van der Waals surface area (Å²) in [6, 6.07) is 12.0. The molecule has 142 valence electrons. The van der Waals surface area contributed by atoms with Crippen LogP contribution in [0.25, 0.3) is 0 Å². The molecule has 27 heavy (non-hydrogen) atoms. The molecule has 4 heteroatoms. The molecule has 1 unspecified atom stereocenters. The predicted molar refractivity (Wildman–Crippen MR) is 106 cm³/mol. The van der Waals surface area contributed by atoms with Gasteiger partial charge in [-0.15, -0.1) is 0 Å². The molecule has 1 atom stereocenters. The average molecular weight is 365 g/mol. The van der Waals surface area contributed by atoms with Crippen molar-refractivity contribution in [1.82, 2.24) is 5.32 Å². The third-order valence-corrected chi connectivity index (χ3v) is 5.32. The Balaban J connectivity index is 1.60. The zero-order chi connectivity index (χ0) is 19.2. The summed E-state index contributed by atoms with van der Waals surface area (Å²) < 4.78 is 5.27. The van der Waals surface area contributed by atoms with Gasteiger partial charge < -0.3 is 14.8 Å². The predicted octanol–water partition coefficient (Wildman–Crippen LogP) is 3.52. The Labute approximate surface area is 160 Å². The van der Waals surface area contributed by atoms with Crippen LogP contribution in [0.2, 0.25) is 0 Å². The van der Waals surface area contributed by atoms with E-state index in [1.54, 1.807) is 7.11 Å². The smallest absolute Gasteiger partial charge is 0.234 e. The number of nitrogens with one attached hydrogen (secondary N) is 1. The summed E-state index contributed by atoms with van der Waals surface area (Å²) >= 11 is 0. The van der Waals surface area contributed by atoms with E-state index in [9.17, 15) is 9.59 Å². The van der Waals surface area contributed by atoms with Crippen molar-refractivity contribution in [2.75, 3.05) is 13.7 Å². The van der Waals surface area contributed by atoms with E-state index in [0.29, 0.717) is 13.0 Å². The zero-order valence-electron chi connectivity index (χ0n) is 16.1. The van der Waals surface area contributed by atoms with E-state index >= 15 is 0 Å². The van der Waals surface area contributed by atoms with Crippen molar-refractivity contribution in [3.05, 3.63) is 64.2 Å². The molecular weight excluding hydrogens is 338 g/mol. The number of fused-ring (bicyclic) bond motifs is 1. The van der Waals surface area contributed by atoms with Crippen LogP contribution in [-0.2, 0) is 28.9 Å². The Morgan fingerprint density at radius 3 is 2.63 bits per heavy atom. The molecule has 0 spiro atoms. The lowest BCUT2D eigenvalue weighted by atomic mass is 9.87. The number of methoxy groups -OCH3 is 1. The number of hydrogen-bond donors (Lipinski definition) is 1. The third-order valence-electron chi connectivity index (χ3n) is 5.32. The van der Waals surface area contributed by atoms with Crippen molar-refractivity contribution in [2.45, 2.75) is 44.9 Å². The summed E-state index contributed by atoms with van der Waals surface area (Å²) in [6.45, 7) is 2.50. The number of carbonyl (C=O) groups is 2. The first-order chi connectivity index (χ1) is 13.1. The SMILES string of the molecule is COc1ccc(CCNC(=O)C(C=O)c2ccc3c(c2)CCCC3)cc1C. The highest BCUT2D eigenvalue weighted by Gasteiger charge is 2.21. The molecule has 1 N–H and O–H groups in total. The molecule has 0 heterocycles. The summed E-state index contributed by atoms with van der Waals surface area (Å²) in [4.78, 5) is 24.1. The Bertz CT molecular complexity index is 828. The lowest BCUT2D eigenvalue weighted by Gasteiger charge is -2.18. The lowest BCUT2D eigenvalue weighted by Crippen LogP contribution is -2.32. The Morgan fingerprint density at radius 2 is 1.93 bits per heavy atom. The Hall–Kier alpha value is -2.62. The highest BCUT2D eigenvalue weighted by atomic mass is 16.5. The number of amides is 1. The number of carbonyl (C=O) groups excluding carboxylic acids is 2. The van der Waals surface area contributed by atoms with Crippen molar-refractivity contribution in [3.63, 3.8) is 0 Å². The van der Waals surface area contributed by atoms with E-state index in [-0.39, 0.29) is 5.91 Å². The van der Waals surface area contributed by atoms with Gasteiger partial charge in [0.2, 0.25) is 5.91 Å².